The summed E-state index contributed by atoms with van der Waals surface area (Å²) in [5.74, 6) is 0.605. The van der Waals surface area contributed by atoms with Crippen LogP contribution in [0.2, 0.25) is 0 Å². The number of rotatable bonds is 6. The van der Waals surface area contributed by atoms with Gasteiger partial charge in [-0.3, -0.25) is 4.79 Å². The summed E-state index contributed by atoms with van der Waals surface area (Å²) in [4.78, 5) is 12.1. The van der Waals surface area contributed by atoms with Gasteiger partial charge in [0, 0.05) is 18.3 Å². The Bertz CT molecular complexity index is 386. The molecule has 0 atom stereocenters. The van der Waals surface area contributed by atoms with Gasteiger partial charge in [-0.25, -0.2) is 0 Å². The maximum absolute atomic E-state index is 12.1. The average Bonchev–Trinajstić information content (AvgIpc) is 2.28. The van der Waals surface area contributed by atoms with Crippen LogP contribution in [0.5, 0.6) is 0 Å². The Morgan fingerprint density at radius 1 is 1.17 bits per heavy atom. The molecule has 0 saturated carbocycles. The van der Waals surface area contributed by atoms with Crippen molar-refractivity contribution in [3.05, 3.63) is 29.8 Å². The van der Waals surface area contributed by atoms with E-state index in [-0.39, 0.29) is 5.91 Å². The molecule has 0 saturated heterocycles. The van der Waals surface area contributed by atoms with Gasteiger partial charge in [-0.1, -0.05) is 26.0 Å². The number of para-hydroxylation sites is 1. The number of hydrogen-bond donors (Lipinski definition) is 2. The topological polar surface area (TPSA) is 41.1 Å². The molecule has 0 aromatic heterocycles. The Morgan fingerprint density at radius 3 is 2.44 bits per heavy atom. The standard InChI is InChI=1S/C15H24N2O/c1-11(2)9-10-16-15(18)13-7-5-6-8-14(13)17-12(3)4/h5-8,11-12,17H,9-10H2,1-4H3,(H,16,18). The van der Waals surface area contributed by atoms with Crippen molar-refractivity contribution in [3.63, 3.8) is 0 Å². The van der Waals surface area contributed by atoms with Crippen LogP contribution in [0.25, 0.3) is 0 Å². The van der Waals surface area contributed by atoms with Crippen LogP contribution in [0, 0.1) is 5.92 Å². The van der Waals surface area contributed by atoms with Crippen molar-refractivity contribution in [3.8, 4) is 0 Å². The van der Waals surface area contributed by atoms with Crippen LogP contribution in [0.4, 0.5) is 5.69 Å². The molecule has 100 valence electrons. The third-order valence-electron chi connectivity index (χ3n) is 2.62. The molecule has 0 aliphatic carbocycles. The van der Waals surface area contributed by atoms with E-state index in [1.807, 2.05) is 24.3 Å². The van der Waals surface area contributed by atoms with Gasteiger partial charge in [0.1, 0.15) is 0 Å². The lowest BCUT2D eigenvalue weighted by molar-refractivity contribution is 0.0953. The molecule has 0 spiro atoms. The molecule has 0 heterocycles. The van der Waals surface area contributed by atoms with Crippen molar-refractivity contribution in [1.29, 1.82) is 0 Å². The summed E-state index contributed by atoms with van der Waals surface area (Å²) >= 11 is 0. The molecule has 3 heteroatoms. The maximum Gasteiger partial charge on any atom is 0.253 e. The lowest BCUT2D eigenvalue weighted by Crippen LogP contribution is -2.26. The van der Waals surface area contributed by atoms with Crippen LogP contribution in [0.1, 0.15) is 44.5 Å². The van der Waals surface area contributed by atoms with Crippen LogP contribution in [-0.2, 0) is 0 Å². The van der Waals surface area contributed by atoms with Gasteiger partial charge in [0.15, 0.2) is 0 Å². The quantitative estimate of drug-likeness (QED) is 0.811. The van der Waals surface area contributed by atoms with E-state index < -0.39 is 0 Å². The Kier molecular flexibility index (Phi) is 5.69. The van der Waals surface area contributed by atoms with Crippen LogP contribution < -0.4 is 10.6 Å². The highest BCUT2D eigenvalue weighted by Gasteiger charge is 2.10. The molecule has 1 rings (SSSR count). The smallest absolute Gasteiger partial charge is 0.253 e. The molecule has 1 aromatic carbocycles. The molecule has 1 aromatic rings. The Hall–Kier alpha value is -1.51. The zero-order chi connectivity index (χ0) is 13.5. The van der Waals surface area contributed by atoms with Crippen LogP contribution in [-0.4, -0.2) is 18.5 Å². The summed E-state index contributed by atoms with van der Waals surface area (Å²) in [6, 6.07) is 7.94. The van der Waals surface area contributed by atoms with Gasteiger partial charge in [-0.2, -0.15) is 0 Å². The third kappa shape index (κ3) is 4.78. The fourth-order valence-electron chi connectivity index (χ4n) is 1.69. The van der Waals surface area contributed by atoms with E-state index >= 15 is 0 Å². The largest absolute Gasteiger partial charge is 0.382 e. The van der Waals surface area contributed by atoms with Gasteiger partial charge < -0.3 is 10.6 Å². The van der Waals surface area contributed by atoms with Crippen molar-refractivity contribution in [2.45, 2.75) is 40.2 Å². The first-order chi connectivity index (χ1) is 8.50. The number of hydrogen-bond acceptors (Lipinski definition) is 2. The highest BCUT2D eigenvalue weighted by atomic mass is 16.1. The van der Waals surface area contributed by atoms with Crippen molar-refractivity contribution in [2.75, 3.05) is 11.9 Å². The van der Waals surface area contributed by atoms with Crippen molar-refractivity contribution >= 4 is 11.6 Å². The zero-order valence-corrected chi connectivity index (χ0v) is 11.8. The van der Waals surface area contributed by atoms with Gasteiger partial charge in [-0.05, 0) is 38.3 Å². The van der Waals surface area contributed by atoms with E-state index in [1.165, 1.54) is 0 Å². The molecule has 18 heavy (non-hydrogen) atoms. The van der Waals surface area contributed by atoms with Crippen molar-refractivity contribution in [1.82, 2.24) is 5.32 Å². The Balaban J connectivity index is 2.66. The number of anilines is 1. The lowest BCUT2D eigenvalue weighted by Gasteiger charge is -2.14. The predicted molar refractivity (Wildman–Crippen MR) is 77.0 cm³/mol. The molecular weight excluding hydrogens is 224 g/mol. The first kappa shape index (κ1) is 14.6. The highest BCUT2D eigenvalue weighted by Crippen LogP contribution is 2.15. The van der Waals surface area contributed by atoms with E-state index in [9.17, 15) is 4.79 Å². The van der Waals surface area contributed by atoms with Crippen LogP contribution >= 0.6 is 0 Å². The minimum absolute atomic E-state index is 0.000556. The van der Waals surface area contributed by atoms with Gasteiger partial charge >= 0.3 is 0 Å². The SMILES string of the molecule is CC(C)CCNC(=O)c1ccccc1NC(C)C. The van der Waals surface area contributed by atoms with E-state index in [4.69, 9.17) is 0 Å². The maximum atomic E-state index is 12.1. The molecular formula is C15H24N2O. The molecule has 0 radical (unpaired) electrons. The second kappa shape index (κ2) is 7.04. The second-order valence-corrected chi connectivity index (χ2v) is 5.28. The Morgan fingerprint density at radius 2 is 1.83 bits per heavy atom. The summed E-state index contributed by atoms with van der Waals surface area (Å²) in [6.45, 7) is 9.16. The molecule has 1 amide bonds. The summed E-state index contributed by atoms with van der Waals surface area (Å²) in [5, 5.41) is 6.26. The highest BCUT2D eigenvalue weighted by molar-refractivity contribution is 5.99. The fraction of sp³-hybridized carbons (Fsp3) is 0.533. The summed E-state index contributed by atoms with van der Waals surface area (Å²) in [6.07, 6.45) is 1.01. The van der Waals surface area contributed by atoms with E-state index in [0.717, 1.165) is 24.2 Å². The summed E-state index contributed by atoms with van der Waals surface area (Å²) < 4.78 is 0. The summed E-state index contributed by atoms with van der Waals surface area (Å²) in [7, 11) is 0. The fourth-order valence-corrected chi connectivity index (χ4v) is 1.69. The van der Waals surface area contributed by atoms with E-state index in [1.54, 1.807) is 0 Å². The number of benzene rings is 1. The molecule has 0 aliphatic rings. The molecule has 0 aliphatic heterocycles. The van der Waals surface area contributed by atoms with Gasteiger partial charge in [0.25, 0.3) is 5.91 Å². The van der Waals surface area contributed by atoms with Crippen LogP contribution in [0.3, 0.4) is 0 Å². The number of nitrogens with one attached hydrogen (secondary N) is 2. The summed E-state index contributed by atoms with van der Waals surface area (Å²) in [5.41, 5.74) is 1.62. The van der Waals surface area contributed by atoms with E-state index in [0.29, 0.717) is 12.0 Å². The lowest BCUT2D eigenvalue weighted by atomic mass is 10.1. The number of carbonyl (C=O) groups is 1. The van der Waals surface area contributed by atoms with Crippen molar-refractivity contribution < 1.29 is 4.79 Å². The predicted octanol–water partition coefficient (Wildman–Crippen LogP) is 3.28. The van der Waals surface area contributed by atoms with Gasteiger partial charge in [0.05, 0.1) is 5.56 Å². The minimum Gasteiger partial charge on any atom is -0.382 e. The van der Waals surface area contributed by atoms with Crippen LogP contribution in [0.15, 0.2) is 24.3 Å². The zero-order valence-electron chi connectivity index (χ0n) is 11.8. The average molecular weight is 248 g/mol. The third-order valence-corrected chi connectivity index (χ3v) is 2.62. The van der Waals surface area contributed by atoms with Gasteiger partial charge in [0.2, 0.25) is 0 Å². The Labute approximate surface area is 110 Å². The van der Waals surface area contributed by atoms with Gasteiger partial charge in [-0.15, -0.1) is 0 Å². The first-order valence-corrected chi connectivity index (χ1v) is 6.64. The molecule has 3 nitrogen and oxygen atoms in total. The van der Waals surface area contributed by atoms with E-state index in [2.05, 4.69) is 38.3 Å². The minimum atomic E-state index is -0.000556. The first-order valence-electron chi connectivity index (χ1n) is 6.64. The molecule has 2 N–H and O–H groups in total. The van der Waals surface area contributed by atoms with Crippen molar-refractivity contribution in [2.24, 2.45) is 5.92 Å². The number of amides is 1. The molecule has 0 bridgehead atoms. The number of carbonyl (C=O) groups excluding carboxylic acids is 1. The second-order valence-electron chi connectivity index (χ2n) is 5.28. The normalized spacial score (nSPS) is 10.8. The monoisotopic (exact) mass is 248 g/mol. The molecule has 0 unspecified atom stereocenters. The molecule has 0 fully saturated rings.